The Morgan fingerprint density at radius 3 is 1.94 bits per heavy atom. The zero-order valence-electron chi connectivity index (χ0n) is 20.9. The number of esters is 1. The summed E-state index contributed by atoms with van der Waals surface area (Å²) >= 11 is 6.02. The van der Waals surface area contributed by atoms with Gasteiger partial charge in [0.1, 0.15) is 0 Å². The van der Waals surface area contributed by atoms with E-state index in [0.29, 0.717) is 17.1 Å². The van der Waals surface area contributed by atoms with Gasteiger partial charge in [0.2, 0.25) is 5.91 Å². The highest BCUT2D eigenvalue weighted by Gasteiger charge is 2.14. The fourth-order valence-corrected chi connectivity index (χ4v) is 4.09. The molecule has 1 aromatic heterocycles. The summed E-state index contributed by atoms with van der Waals surface area (Å²) in [7, 11) is 0. The molecule has 1 rings (SSSR count). The summed E-state index contributed by atoms with van der Waals surface area (Å²) in [5.74, 6) is -0.545. The number of halogens is 1. The van der Waals surface area contributed by atoms with Crippen LogP contribution in [-0.4, -0.2) is 23.1 Å². The quantitative estimate of drug-likeness (QED) is 0.119. The normalized spacial score (nSPS) is 11.8. The number of amides is 1. The second kappa shape index (κ2) is 19.8. The van der Waals surface area contributed by atoms with Crippen LogP contribution >= 0.6 is 11.6 Å². The smallest absolute Gasteiger partial charge is 0.307 e. The summed E-state index contributed by atoms with van der Waals surface area (Å²) in [4.78, 5) is 28.1. The number of nitrogens with zero attached hydrogens (tertiary/aromatic N) is 1. The van der Waals surface area contributed by atoms with Crippen molar-refractivity contribution in [2.45, 2.75) is 129 Å². The summed E-state index contributed by atoms with van der Waals surface area (Å²) < 4.78 is 5.28. The van der Waals surface area contributed by atoms with Crippen LogP contribution in [0.3, 0.4) is 0 Å². The number of unbranched alkanes of at least 4 members (excludes halogenated alkanes) is 14. The van der Waals surface area contributed by atoms with E-state index < -0.39 is 6.23 Å². The lowest BCUT2D eigenvalue weighted by molar-refractivity contribution is -0.151. The van der Waals surface area contributed by atoms with Crippen LogP contribution in [0.5, 0.6) is 0 Å². The van der Waals surface area contributed by atoms with E-state index in [1.54, 1.807) is 25.3 Å². The molecule has 0 spiro atoms. The molecule has 1 unspecified atom stereocenters. The number of carbonyl (C=O) groups is 2. The molecule has 0 saturated heterocycles. The molecule has 6 heteroatoms. The van der Waals surface area contributed by atoms with Crippen molar-refractivity contribution in [2.75, 3.05) is 0 Å². The largest absolute Gasteiger partial charge is 0.442 e. The lowest BCUT2D eigenvalue weighted by Gasteiger charge is -2.15. The van der Waals surface area contributed by atoms with Crippen molar-refractivity contribution in [1.82, 2.24) is 10.3 Å². The second-order valence-corrected chi connectivity index (χ2v) is 9.42. The van der Waals surface area contributed by atoms with Crippen molar-refractivity contribution < 1.29 is 14.3 Å². The second-order valence-electron chi connectivity index (χ2n) is 9.01. The lowest BCUT2D eigenvalue weighted by atomic mass is 10.0. The molecule has 1 heterocycles. The lowest BCUT2D eigenvalue weighted by Crippen LogP contribution is -2.37. The number of rotatable bonds is 20. The first-order valence-electron chi connectivity index (χ1n) is 13.1. The average Bonchev–Trinajstić information content (AvgIpc) is 2.77. The van der Waals surface area contributed by atoms with E-state index in [4.69, 9.17) is 16.3 Å². The number of nitrogens with one attached hydrogen (secondary N) is 1. The maximum Gasteiger partial charge on any atom is 0.307 e. The van der Waals surface area contributed by atoms with Gasteiger partial charge in [-0.3, -0.25) is 14.6 Å². The Morgan fingerprint density at radius 2 is 1.42 bits per heavy atom. The van der Waals surface area contributed by atoms with Gasteiger partial charge in [-0.2, -0.15) is 0 Å². The molecule has 0 aliphatic rings. The molecule has 0 fully saturated rings. The predicted octanol–water partition coefficient (Wildman–Crippen LogP) is 7.54. The molecule has 33 heavy (non-hydrogen) atoms. The van der Waals surface area contributed by atoms with Gasteiger partial charge in [-0.1, -0.05) is 108 Å². The molecule has 188 valence electrons. The van der Waals surface area contributed by atoms with Crippen molar-refractivity contribution in [3.63, 3.8) is 0 Å². The van der Waals surface area contributed by atoms with Crippen LogP contribution in [0.2, 0.25) is 5.02 Å². The summed E-state index contributed by atoms with van der Waals surface area (Å²) in [6.45, 7) is 3.92. The molecule has 0 aliphatic heterocycles. The number of ether oxygens (including phenoxy) is 1. The first kappa shape index (κ1) is 29.4. The Bertz CT molecular complexity index is 654. The zero-order chi connectivity index (χ0) is 24.2. The first-order chi connectivity index (χ1) is 16.0. The Balaban J connectivity index is 1.92. The summed E-state index contributed by atoms with van der Waals surface area (Å²) in [5.41, 5.74) is 0.507. The third kappa shape index (κ3) is 16.6. The maximum absolute atomic E-state index is 12.1. The van der Waals surface area contributed by atoms with Crippen LogP contribution in [-0.2, 0) is 20.7 Å². The molecule has 0 aliphatic carbocycles. The number of hydrogen-bond donors (Lipinski definition) is 1. The fourth-order valence-electron chi connectivity index (χ4n) is 3.90. The van der Waals surface area contributed by atoms with E-state index in [9.17, 15) is 9.59 Å². The average molecular weight is 481 g/mol. The van der Waals surface area contributed by atoms with E-state index in [1.807, 2.05) is 0 Å². The van der Waals surface area contributed by atoms with Crippen molar-refractivity contribution in [1.29, 1.82) is 0 Å². The molecule has 1 atom stereocenters. The Morgan fingerprint density at radius 1 is 0.909 bits per heavy atom. The van der Waals surface area contributed by atoms with Gasteiger partial charge in [-0.25, -0.2) is 0 Å². The zero-order valence-corrected chi connectivity index (χ0v) is 21.6. The maximum atomic E-state index is 12.1. The van der Waals surface area contributed by atoms with Crippen molar-refractivity contribution >= 4 is 23.5 Å². The van der Waals surface area contributed by atoms with Crippen molar-refractivity contribution in [3.8, 4) is 0 Å². The van der Waals surface area contributed by atoms with Gasteiger partial charge < -0.3 is 10.1 Å². The topological polar surface area (TPSA) is 68.3 Å². The first-order valence-corrected chi connectivity index (χ1v) is 13.5. The minimum Gasteiger partial charge on any atom is -0.442 e. The van der Waals surface area contributed by atoms with Gasteiger partial charge >= 0.3 is 5.97 Å². The van der Waals surface area contributed by atoms with Crippen LogP contribution in [0.4, 0.5) is 0 Å². The number of carbonyl (C=O) groups excluding carboxylic acids is 2. The van der Waals surface area contributed by atoms with Gasteiger partial charge in [-0.15, -0.1) is 0 Å². The Labute approximate surface area is 206 Å². The Hall–Kier alpha value is -1.62. The molecule has 0 aromatic carbocycles. The highest BCUT2D eigenvalue weighted by atomic mass is 35.5. The number of hydrogen-bond acceptors (Lipinski definition) is 4. The molecule has 0 bridgehead atoms. The van der Waals surface area contributed by atoms with Gasteiger partial charge in [0.15, 0.2) is 6.23 Å². The van der Waals surface area contributed by atoms with Crippen LogP contribution < -0.4 is 5.32 Å². The minimum absolute atomic E-state index is 0.0562. The van der Waals surface area contributed by atoms with E-state index in [-0.39, 0.29) is 18.3 Å². The van der Waals surface area contributed by atoms with Crippen LogP contribution in [0, 0.1) is 0 Å². The molecular weight excluding hydrogens is 436 g/mol. The fraction of sp³-hybridized carbons (Fsp3) is 0.741. The van der Waals surface area contributed by atoms with E-state index >= 15 is 0 Å². The highest BCUT2D eigenvalue weighted by Crippen LogP contribution is 2.14. The third-order valence-corrected chi connectivity index (χ3v) is 6.16. The van der Waals surface area contributed by atoms with E-state index in [1.165, 1.54) is 83.5 Å². The van der Waals surface area contributed by atoms with Crippen LogP contribution in [0.15, 0.2) is 18.3 Å². The third-order valence-electron chi connectivity index (χ3n) is 5.82. The van der Waals surface area contributed by atoms with Crippen LogP contribution in [0.25, 0.3) is 0 Å². The molecule has 0 radical (unpaired) electrons. The molecular formula is C27H45ClN2O3. The van der Waals surface area contributed by atoms with Gasteiger partial charge in [0, 0.05) is 12.6 Å². The van der Waals surface area contributed by atoms with Crippen LogP contribution in [0.1, 0.15) is 122 Å². The SMILES string of the molecule is CCCCCCCCCCCCCCCCCC(=O)OC(C)NC(=O)Cc1ncccc1Cl. The number of pyridine rings is 1. The van der Waals surface area contributed by atoms with Gasteiger partial charge in [0.25, 0.3) is 0 Å². The molecule has 1 amide bonds. The van der Waals surface area contributed by atoms with E-state index in [0.717, 1.165) is 12.8 Å². The molecule has 5 nitrogen and oxygen atoms in total. The summed E-state index contributed by atoms with van der Waals surface area (Å²) in [5, 5.41) is 3.11. The van der Waals surface area contributed by atoms with Gasteiger partial charge in [0.05, 0.1) is 17.1 Å². The highest BCUT2D eigenvalue weighted by molar-refractivity contribution is 6.31. The predicted molar refractivity (Wildman–Crippen MR) is 136 cm³/mol. The monoisotopic (exact) mass is 480 g/mol. The van der Waals surface area contributed by atoms with E-state index in [2.05, 4.69) is 17.2 Å². The van der Waals surface area contributed by atoms with Crippen molar-refractivity contribution in [2.24, 2.45) is 0 Å². The standard InChI is InChI=1S/C27H45ClN2O3/c1-3-4-5-6-7-8-9-10-11-12-13-14-15-16-17-20-27(32)33-23(2)30-26(31)22-25-24(28)19-18-21-29-25/h18-19,21,23H,3-17,20,22H2,1-2H3,(H,30,31). The minimum atomic E-state index is -0.663. The summed E-state index contributed by atoms with van der Waals surface area (Å²) in [6.07, 6.45) is 20.8. The number of aromatic nitrogens is 1. The summed E-state index contributed by atoms with van der Waals surface area (Å²) in [6, 6.07) is 3.41. The van der Waals surface area contributed by atoms with Crippen molar-refractivity contribution in [3.05, 3.63) is 29.0 Å². The molecule has 0 saturated carbocycles. The Kier molecular flexibility index (Phi) is 17.7. The molecule has 1 N–H and O–H groups in total. The van der Waals surface area contributed by atoms with Gasteiger partial charge in [-0.05, 0) is 25.5 Å². The molecule has 1 aromatic rings.